The van der Waals surface area contributed by atoms with Crippen LogP contribution in [0, 0.1) is 5.92 Å². The van der Waals surface area contributed by atoms with Crippen LogP contribution in [0.4, 0.5) is 0 Å². The Morgan fingerprint density at radius 2 is 1.82 bits per heavy atom. The molecule has 0 spiro atoms. The van der Waals surface area contributed by atoms with Crippen LogP contribution in [0.3, 0.4) is 0 Å². The fourth-order valence-corrected chi connectivity index (χ4v) is 4.20. The number of nitrogens with zero attached hydrogens (tertiary/aromatic N) is 3. The van der Waals surface area contributed by atoms with E-state index in [0.29, 0.717) is 6.54 Å². The van der Waals surface area contributed by atoms with E-state index in [2.05, 4.69) is 63.6 Å². The van der Waals surface area contributed by atoms with E-state index in [4.69, 9.17) is 0 Å². The summed E-state index contributed by atoms with van der Waals surface area (Å²) in [7, 11) is 1.80. The summed E-state index contributed by atoms with van der Waals surface area (Å²) in [6, 6.07) is 8.95. The summed E-state index contributed by atoms with van der Waals surface area (Å²) in [5.41, 5.74) is 2.66. The van der Waals surface area contributed by atoms with Crippen LogP contribution in [-0.2, 0) is 26.1 Å². The standard InChI is InChI=1S/C22H33N5S/c1-4-20-14-24-21(28-20)15-26-22(23-3)25-13-18-5-7-19(8-6-18)16-27-11-9-17(2)10-12-27/h5-8,14,17H,4,9-13,15-16H2,1-3H3,(H2,23,25,26). The quantitative estimate of drug-likeness (QED) is 0.549. The first kappa shape index (κ1) is 20.8. The molecule has 2 aromatic rings. The molecule has 1 aliphatic heterocycles. The molecular weight excluding hydrogens is 366 g/mol. The van der Waals surface area contributed by atoms with Crippen LogP contribution in [0.5, 0.6) is 0 Å². The molecule has 0 saturated carbocycles. The number of hydrogen-bond donors (Lipinski definition) is 2. The van der Waals surface area contributed by atoms with Gasteiger partial charge in [-0.05, 0) is 49.4 Å². The first-order chi connectivity index (χ1) is 13.7. The Bertz CT molecular complexity index is 745. The highest BCUT2D eigenvalue weighted by Gasteiger charge is 2.15. The molecule has 0 radical (unpaired) electrons. The van der Waals surface area contributed by atoms with Crippen molar-refractivity contribution in [2.24, 2.45) is 10.9 Å². The number of aromatic nitrogens is 1. The monoisotopic (exact) mass is 399 g/mol. The molecule has 0 unspecified atom stereocenters. The summed E-state index contributed by atoms with van der Waals surface area (Å²) in [6.07, 6.45) is 5.66. The van der Waals surface area contributed by atoms with Crippen LogP contribution in [0.2, 0.25) is 0 Å². The predicted octanol–water partition coefficient (Wildman–Crippen LogP) is 3.80. The van der Waals surface area contributed by atoms with Gasteiger partial charge in [0, 0.05) is 31.2 Å². The molecule has 1 saturated heterocycles. The molecule has 0 aliphatic carbocycles. The number of hydrogen-bond acceptors (Lipinski definition) is 4. The minimum Gasteiger partial charge on any atom is -0.352 e. The van der Waals surface area contributed by atoms with Crippen molar-refractivity contribution >= 4 is 17.3 Å². The summed E-state index contributed by atoms with van der Waals surface area (Å²) in [5, 5.41) is 7.82. The minimum atomic E-state index is 0.706. The Morgan fingerprint density at radius 3 is 2.46 bits per heavy atom. The van der Waals surface area contributed by atoms with E-state index in [-0.39, 0.29) is 0 Å². The van der Waals surface area contributed by atoms with Gasteiger partial charge in [-0.2, -0.15) is 0 Å². The fraction of sp³-hybridized carbons (Fsp3) is 0.545. The van der Waals surface area contributed by atoms with Gasteiger partial charge in [-0.25, -0.2) is 4.98 Å². The Balaban J connectivity index is 1.42. The third-order valence-electron chi connectivity index (χ3n) is 5.35. The highest BCUT2D eigenvalue weighted by Crippen LogP contribution is 2.18. The summed E-state index contributed by atoms with van der Waals surface area (Å²) in [5.74, 6) is 1.69. The second-order valence-corrected chi connectivity index (χ2v) is 8.83. The largest absolute Gasteiger partial charge is 0.352 e. The van der Waals surface area contributed by atoms with Gasteiger partial charge in [-0.3, -0.25) is 9.89 Å². The first-order valence-corrected chi connectivity index (χ1v) is 11.2. The van der Waals surface area contributed by atoms with Gasteiger partial charge < -0.3 is 10.6 Å². The summed E-state index contributed by atoms with van der Waals surface area (Å²) in [6.45, 7) is 9.51. The average molecular weight is 400 g/mol. The number of guanidine groups is 1. The van der Waals surface area contributed by atoms with Crippen LogP contribution < -0.4 is 10.6 Å². The number of piperidine rings is 1. The second-order valence-electron chi connectivity index (χ2n) is 7.63. The minimum absolute atomic E-state index is 0.706. The number of thiazole rings is 1. The topological polar surface area (TPSA) is 52.6 Å². The highest BCUT2D eigenvalue weighted by atomic mass is 32.1. The van der Waals surface area contributed by atoms with Gasteiger partial charge in [-0.1, -0.05) is 38.1 Å². The van der Waals surface area contributed by atoms with Gasteiger partial charge >= 0.3 is 0 Å². The Morgan fingerprint density at radius 1 is 1.14 bits per heavy atom. The van der Waals surface area contributed by atoms with E-state index in [9.17, 15) is 0 Å². The number of benzene rings is 1. The smallest absolute Gasteiger partial charge is 0.191 e. The van der Waals surface area contributed by atoms with Crippen LogP contribution in [0.1, 0.15) is 47.7 Å². The summed E-state index contributed by atoms with van der Waals surface area (Å²) in [4.78, 5) is 12.6. The van der Waals surface area contributed by atoms with E-state index < -0.39 is 0 Å². The highest BCUT2D eigenvalue weighted by molar-refractivity contribution is 7.11. The van der Waals surface area contributed by atoms with E-state index in [1.165, 1.54) is 41.9 Å². The molecule has 1 aliphatic rings. The Kier molecular flexibility index (Phi) is 7.86. The Labute approximate surface area is 173 Å². The number of nitrogens with one attached hydrogen (secondary N) is 2. The van der Waals surface area contributed by atoms with Gasteiger partial charge in [0.2, 0.25) is 0 Å². The molecule has 0 bridgehead atoms. The third kappa shape index (κ3) is 6.31. The van der Waals surface area contributed by atoms with Crippen molar-refractivity contribution in [2.45, 2.75) is 52.7 Å². The van der Waals surface area contributed by atoms with Crippen molar-refractivity contribution in [3.8, 4) is 0 Å². The van der Waals surface area contributed by atoms with Gasteiger partial charge in [0.15, 0.2) is 5.96 Å². The van der Waals surface area contributed by atoms with E-state index >= 15 is 0 Å². The lowest BCUT2D eigenvalue weighted by molar-refractivity contribution is 0.185. The van der Waals surface area contributed by atoms with Crippen molar-refractivity contribution < 1.29 is 0 Å². The molecular formula is C22H33N5S. The fourth-order valence-electron chi connectivity index (χ4n) is 3.40. The third-order valence-corrected chi connectivity index (χ3v) is 6.49. The molecule has 5 nitrogen and oxygen atoms in total. The number of aliphatic imine (C=N–C) groups is 1. The molecule has 28 heavy (non-hydrogen) atoms. The lowest BCUT2D eigenvalue weighted by atomic mass is 9.99. The molecule has 1 aromatic carbocycles. The molecule has 1 aromatic heterocycles. The van der Waals surface area contributed by atoms with Gasteiger partial charge in [0.1, 0.15) is 5.01 Å². The van der Waals surface area contributed by atoms with Gasteiger partial charge in [-0.15, -0.1) is 11.3 Å². The lowest BCUT2D eigenvalue weighted by Crippen LogP contribution is -2.36. The molecule has 0 amide bonds. The molecule has 3 rings (SSSR count). The normalized spacial score (nSPS) is 16.3. The molecule has 2 N–H and O–H groups in total. The van der Waals surface area contributed by atoms with Crippen LogP contribution in [-0.4, -0.2) is 36.0 Å². The maximum Gasteiger partial charge on any atom is 0.191 e. The summed E-state index contributed by atoms with van der Waals surface area (Å²) < 4.78 is 0. The molecule has 152 valence electrons. The predicted molar refractivity (Wildman–Crippen MR) is 119 cm³/mol. The maximum atomic E-state index is 4.44. The van der Waals surface area contributed by atoms with Gasteiger partial charge in [0.25, 0.3) is 0 Å². The van der Waals surface area contributed by atoms with Crippen molar-refractivity contribution in [1.82, 2.24) is 20.5 Å². The van der Waals surface area contributed by atoms with Crippen molar-refractivity contribution in [3.05, 3.63) is 51.5 Å². The number of aryl methyl sites for hydroxylation is 1. The van der Waals surface area contributed by atoms with Crippen LogP contribution in [0.15, 0.2) is 35.5 Å². The molecule has 1 fully saturated rings. The van der Waals surface area contributed by atoms with E-state index in [1.807, 2.05) is 6.20 Å². The van der Waals surface area contributed by atoms with Crippen LogP contribution >= 0.6 is 11.3 Å². The molecule has 6 heteroatoms. The molecule has 2 heterocycles. The zero-order valence-electron chi connectivity index (χ0n) is 17.4. The zero-order chi connectivity index (χ0) is 19.8. The zero-order valence-corrected chi connectivity index (χ0v) is 18.2. The molecule has 0 atom stereocenters. The lowest BCUT2D eigenvalue weighted by Gasteiger charge is -2.30. The second kappa shape index (κ2) is 10.6. The van der Waals surface area contributed by atoms with Crippen molar-refractivity contribution in [3.63, 3.8) is 0 Å². The van der Waals surface area contributed by atoms with E-state index in [0.717, 1.165) is 36.4 Å². The number of rotatable bonds is 7. The van der Waals surface area contributed by atoms with Crippen molar-refractivity contribution in [2.75, 3.05) is 20.1 Å². The van der Waals surface area contributed by atoms with Crippen molar-refractivity contribution in [1.29, 1.82) is 0 Å². The number of likely N-dealkylation sites (tertiary alicyclic amines) is 1. The average Bonchev–Trinajstić information content (AvgIpc) is 3.19. The van der Waals surface area contributed by atoms with E-state index in [1.54, 1.807) is 18.4 Å². The summed E-state index contributed by atoms with van der Waals surface area (Å²) >= 11 is 1.76. The SMILES string of the molecule is CCc1cnc(CNC(=NC)NCc2ccc(CN3CCC(C)CC3)cc2)s1. The Hall–Kier alpha value is -1.92. The first-order valence-electron chi connectivity index (χ1n) is 10.3. The maximum absolute atomic E-state index is 4.44. The van der Waals surface area contributed by atoms with Crippen LogP contribution in [0.25, 0.3) is 0 Å². The van der Waals surface area contributed by atoms with Gasteiger partial charge in [0.05, 0.1) is 6.54 Å².